The second kappa shape index (κ2) is 11.2. The Labute approximate surface area is 208 Å². The lowest BCUT2D eigenvalue weighted by atomic mass is 9.77. The molecule has 4 aromatic rings. The Kier molecular flexibility index (Phi) is 7.89. The molecule has 4 aromatic carbocycles. The topological polar surface area (TPSA) is 29.1 Å². The molecule has 0 aromatic heterocycles. The molecule has 0 fully saturated rings. The zero-order valence-corrected chi connectivity index (χ0v) is 20.3. The second-order valence-corrected chi connectivity index (χ2v) is 8.76. The fourth-order valence-electron chi connectivity index (χ4n) is 4.17. The number of hydrogen-bond donors (Lipinski definition) is 1. The van der Waals surface area contributed by atoms with E-state index in [-0.39, 0.29) is 23.6 Å². The van der Waals surface area contributed by atoms with Crippen molar-refractivity contribution in [3.63, 3.8) is 0 Å². The Balaban J connectivity index is 1.71. The predicted octanol–water partition coefficient (Wildman–Crippen LogP) is 7.11. The molecule has 0 bridgehead atoms. The smallest absolute Gasteiger partial charge is 0.251 e. The summed E-state index contributed by atoms with van der Waals surface area (Å²) in [7, 11) is 0. The van der Waals surface area contributed by atoms with Gasteiger partial charge in [0.25, 0.3) is 5.91 Å². The third-order valence-corrected chi connectivity index (χ3v) is 6.75. The van der Waals surface area contributed by atoms with Gasteiger partial charge in [-0.1, -0.05) is 108 Å². The first-order valence-electron chi connectivity index (χ1n) is 10.9. The molecule has 166 valence electrons. The minimum absolute atomic E-state index is 0.0162. The molecule has 0 radical (unpaired) electrons. The summed E-state index contributed by atoms with van der Waals surface area (Å²) in [5, 5.41) is 3.10. The van der Waals surface area contributed by atoms with Crippen LogP contribution >= 0.6 is 22.6 Å². The van der Waals surface area contributed by atoms with Crippen LogP contribution in [-0.4, -0.2) is 12.5 Å². The van der Waals surface area contributed by atoms with Crippen LogP contribution in [0.5, 0.6) is 0 Å². The number of carbonyl (C=O) groups excluding carboxylic acids is 1. The van der Waals surface area contributed by atoms with E-state index in [9.17, 15) is 9.18 Å². The predicted molar refractivity (Wildman–Crippen MR) is 140 cm³/mol. The average Bonchev–Trinajstić information content (AvgIpc) is 2.88. The highest BCUT2D eigenvalue weighted by Gasteiger charge is 2.27. The van der Waals surface area contributed by atoms with Crippen molar-refractivity contribution in [2.45, 2.75) is 16.3 Å². The summed E-state index contributed by atoms with van der Waals surface area (Å²) >= 11 is 2.36. The highest BCUT2D eigenvalue weighted by molar-refractivity contribution is 14.1. The van der Waals surface area contributed by atoms with E-state index in [1.54, 1.807) is 0 Å². The summed E-state index contributed by atoms with van der Waals surface area (Å²) in [6.07, 6.45) is 0. The van der Waals surface area contributed by atoms with Crippen molar-refractivity contribution in [2.75, 3.05) is 6.54 Å². The van der Waals surface area contributed by atoms with Gasteiger partial charge >= 0.3 is 0 Å². The summed E-state index contributed by atoms with van der Waals surface area (Å²) in [5.74, 6) is -0.481. The van der Waals surface area contributed by atoms with Gasteiger partial charge in [0.15, 0.2) is 0 Å². The Bertz CT molecular complexity index is 1120. The van der Waals surface area contributed by atoms with E-state index in [1.807, 2.05) is 12.1 Å². The zero-order chi connectivity index (χ0) is 23.0. The van der Waals surface area contributed by atoms with Gasteiger partial charge in [0.05, 0.1) is 0 Å². The van der Waals surface area contributed by atoms with Crippen LogP contribution in [0.25, 0.3) is 0 Å². The maximum Gasteiger partial charge on any atom is 0.251 e. The number of rotatable bonds is 8. The lowest BCUT2D eigenvalue weighted by molar-refractivity contribution is 0.0950. The maximum absolute atomic E-state index is 13.3. The van der Waals surface area contributed by atoms with Gasteiger partial charge in [0, 0.05) is 28.4 Å². The number of alkyl halides is 1. The van der Waals surface area contributed by atoms with Crippen molar-refractivity contribution in [3.05, 3.63) is 143 Å². The van der Waals surface area contributed by atoms with E-state index < -0.39 is 0 Å². The number of carbonyl (C=O) groups is 1. The van der Waals surface area contributed by atoms with E-state index >= 15 is 0 Å². The lowest BCUT2D eigenvalue weighted by Crippen LogP contribution is -2.31. The number of benzene rings is 4. The van der Waals surface area contributed by atoms with Crippen molar-refractivity contribution >= 4 is 28.5 Å². The number of amides is 1. The molecular formula is C29H25FINO. The summed E-state index contributed by atoms with van der Waals surface area (Å²) in [6.45, 7) is 0.453. The summed E-state index contributed by atoms with van der Waals surface area (Å²) in [6, 6.07) is 35.1. The molecule has 2 nitrogen and oxygen atoms in total. The first-order valence-corrected chi connectivity index (χ1v) is 12.5. The molecule has 4 heteroatoms. The third-order valence-electron chi connectivity index (χ3n) is 5.87. The molecule has 0 saturated carbocycles. The Morgan fingerprint density at radius 1 is 0.727 bits per heavy atom. The molecule has 33 heavy (non-hydrogen) atoms. The monoisotopic (exact) mass is 549 g/mol. The largest absolute Gasteiger partial charge is 0.351 e. The molecule has 0 aliphatic carbocycles. The molecule has 0 spiro atoms. The number of hydrogen-bond acceptors (Lipinski definition) is 1. The van der Waals surface area contributed by atoms with Crippen molar-refractivity contribution in [2.24, 2.45) is 0 Å². The molecule has 1 unspecified atom stereocenters. The quantitative estimate of drug-likeness (QED) is 0.184. The first-order chi connectivity index (χ1) is 16.2. The van der Waals surface area contributed by atoms with Gasteiger partial charge in [-0.25, -0.2) is 4.39 Å². The highest BCUT2D eigenvalue weighted by Crippen LogP contribution is 2.38. The van der Waals surface area contributed by atoms with Crippen LogP contribution < -0.4 is 5.32 Å². The van der Waals surface area contributed by atoms with Crippen LogP contribution in [0.2, 0.25) is 0 Å². The first kappa shape index (κ1) is 23.2. The van der Waals surface area contributed by atoms with Crippen LogP contribution in [0, 0.1) is 5.82 Å². The van der Waals surface area contributed by atoms with Gasteiger partial charge in [0.1, 0.15) is 5.82 Å². The van der Waals surface area contributed by atoms with Crippen LogP contribution in [0.3, 0.4) is 0 Å². The van der Waals surface area contributed by atoms with E-state index in [1.165, 1.54) is 46.5 Å². The number of halogens is 2. The van der Waals surface area contributed by atoms with E-state index in [0.717, 1.165) is 4.43 Å². The zero-order valence-electron chi connectivity index (χ0n) is 18.1. The van der Waals surface area contributed by atoms with E-state index in [0.29, 0.717) is 12.1 Å². The molecule has 4 rings (SSSR count). The third kappa shape index (κ3) is 5.88. The molecule has 0 aliphatic heterocycles. The number of nitrogens with one attached hydrogen (secondary N) is 1. The van der Waals surface area contributed by atoms with Crippen LogP contribution in [-0.2, 0) is 4.43 Å². The molecule has 1 atom stereocenters. The van der Waals surface area contributed by atoms with E-state index in [2.05, 4.69) is 101 Å². The van der Waals surface area contributed by atoms with Crippen molar-refractivity contribution < 1.29 is 9.18 Å². The summed E-state index contributed by atoms with van der Waals surface area (Å²) in [4.78, 5) is 12.9. The summed E-state index contributed by atoms with van der Waals surface area (Å²) < 4.78 is 14.2. The molecule has 1 amide bonds. The van der Waals surface area contributed by atoms with Gasteiger partial charge < -0.3 is 5.32 Å². The van der Waals surface area contributed by atoms with Gasteiger partial charge in [0.2, 0.25) is 0 Å². The van der Waals surface area contributed by atoms with Crippen molar-refractivity contribution in [1.29, 1.82) is 0 Å². The van der Waals surface area contributed by atoms with Gasteiger partial charge in [-0.15, -0.1) is 0 Å². The minimum atomic E-state index is -0.354. The summed E-state index contributed by atoms with van der Waals surface area (Å²) in [5.41, 5.74) is 5.28. The Morgan fingerprint density at radius 3 is 1.79 bits per heavy atom. The lowest BCUT2D eigenvalue weighted by Gasteiger charge is -2.29. The van der Waals surface area contributed by atoms with Crippen LogP contribution in [0.1, 0.15) is 44.4 Å². The molecule has 0 aliphatic rings. The molecule has 1 N–H and O–H groups in total. The fourth-order valence-corrected chi connectivity index (χ4v) is 4.67. The molecular weight excluding hydrogens is 524 g/mol. The standard InChI is InChI=1S/C29H25FINO/c30-26-17-15-25(16-18-26)29(33)32-20-27(22-13-11-21(19-31)12-14-22)28(23-7-3-1-4-8-23)24-9-5-2-6-10-24/h1-18,27-28H,19-20H2,(H,32,33). The van der Waals surface area contributed by atoms with Crippen molar-refractivity contribution in [3.8, 4) is 0 Å². The van der Waals surface area contributed by atoms with Crippen LogP contribution in [0.15, 0.2) is 109 Å². The highest BCUT2D eigenvalue weighted by atomic mass is 127. The second-order valence-electron chi connectivity index (χ2n) is 8.00. The Hall–Kier alpha value is -2.99. The normalized spacial score (nSPS) is 11.8. The Morgan fingerprint density at radius 2 is 1.27 bits per heavy atom. The average molecular weight is 549 g/mol. The van der Waals surface area contributed by atoms with Gasteiger partial charge in [-0.2, -0.15) is 0 Å². The molecule has 0 heterocycles. The maximum atomic E-state index is 13.3. The van der Waals surface area contributed by atoms with Gasteiger partial charge in [-0.05, 0) is 46.5 Å². The van der Waals surface area contributed by atoms with Gasteiger partial charge in [-0.3, -0.25) is 4.79 Å². The fraction of sp³-hybridized carbons (Fsp3) is 0.138. The van der Waals surface area contributed by atoms with Crippen molar-refractivity contribution in [1.82, 2.24) is 5.32 Å². The SMILES string of the molecule is O=C(NCC(c1ccc(CI)cc1)C(c1ccccc1)c1ccccc1)c1ccc(F)cc1. The van der Waals surface area contributed by atoms with Crippen LogP contribution in [0.4, 0.5) is 4.39 Å². The van der Waals surface area contributed by atoms with E-state index in [4.69, 9.17) is 0 Å². The molecule has 0 saturated heterocycles. The minimum Gasteiger partial charge on any atom is -0.351 e.